The Kier molecular flexibility index (Phi) is 10.8. The fourth-order valence-electron chi connectivity index (χ4n) is 3.49. The maximum absolute atomic E-state index is 12.0. The fraction of sp³-hybridized carbons (Fsp3) is 0.941. The quantitative estimate of drug-likeness (QED) is 0.325. The number of rotatable bonds is 8. The molecule has 2 aliphatic carbocycles. The number of likely N-dealkylation sites (N-methyl/N-ethyl adjacent to an activating group) is 1. The van der Waals surface area contributed by atoms with E-state index in [1.807, 2.05) is 14.0 Å². The predicted molar refractivity (Wildman–Crippen MR) is 115 cm³/mol. The second kappa shape index (κ2) is 11.7. The molecule has 142 valence electrons. The molecule has 7 heteroatoms. The van der Waals surface area contributed by atoms with Gasteiger partial charge in [-0.15, -0.1) is 24.0 Å². The highest BCUT2D eigenvalue weighted by atomic mass is 127. The molecule has 0 spiro atoms. The molecule has 0 aliphatic heterocycles. The maximum atomic E-state index is 12.0. The molecular formula is C17H35IN4OS. The van der Waals surface area contributed by atoms with Crippen molar-refractivity contribution in [3.05, 3.63) is 0 Å². The summed E-state index contributed by atoms with van der Waals surface area (Å²) >= 11 is 0. The third kappa shape index (κ3) is 7.15. The summed E-state index contributed by atoms with van der Waals surface area (Å²) in [5.74, 6) is 1.67. The highest BCUT2D eigenvalue weighted by Crippen LogP contribution is 2.26. The van der Waals surface area contributed by atoms with Crippen LogP contribution >= 0.6 is 24.0 Å². The minimum absolute atomic E-state index is 0. The third-order valence-electron chi connectivity index (χ3n) is 5.01. The minimum atomic E-state index is -0.669. The standard InChI is InChI=1S/C17H34N4OS.HI/c1-4-21(15-9-10-15)12-11-19-17(18-3)20-14-7-6-8-16(13-14)23(22)5-2;/h14-16H,4-13H2,1-3H3,(H2,18,19,20);1H. The van der Waals surface area contributed by atoms with Crippen molar-refractivity contribution < 1.29 is 4.21 Å². The molecule has 0 amide bonds. The van der Waals surface area contributed by atoms with E-state index in [-0.39, 0.29) is 24.0 Å². The molecular weight excluding hydrogens is 435 g/mol. The molecule has 2 saturated carbocycles. The summed E-state index contributed by atoms with van der Waals surface area (Å²) in [6.45, 7) is 7.40. The number of nitrogens with one attached hydrogen (secondary N) is 2. The second-order valence-electron chi connectivity index (χ2n) is 6.66. The fourth-order valence-corrected chi connectivity index (χ4v) is 4.84. The Morgan fingerprint density at radius 2 is 2.00 bits per heavy atom. The number of hydrogen-bond donors (Lipinski definition) is 2. The van der Waals surface area contributed by atoms with Crippen LogP contribution in [0.3, 0.4) is 0 Å². The lowest BCUT2D eigenvalue weighted by atomic mass is 9.95. The van der Waals surface area contributed by atoms with E-state index in [2.05, 4.69) is 27.4 Å². The average Bonchev–Trinajstić information content (AvgIpc) is 3.42. The second-order valence-corrected chi connectivity index (χ2v) is 8.66. The van der Waals surface area contributed by atoms with Crippen LogP contribution in [-0.2, 0) is 10.8 Å². The molecule has 0 bridgehead atoms. The Morgan fingerprint density at radius 1 is 1.25 bits per heavy atom. The number of guanidine groups is 1. The number of nitrogens with zero attached hydrogens (tertiary/aromatic N) is 2. The maximum Gasteiger partial charge on any atom is 0.191 e. The van der Waals surface area contributed by atoms with Crippen molar-refractivity contribution in [2.45, 2.75) is 69.7 Å². The summed E-state index contributed by atoms with van der Waals surface area (Å²) < 4.78 is 12.0. The summed E-state index contributed by atoms with van der Waals surface area (Å²) in [5, 5.41) is 7.34. The third-order valence-corrected chi connectivity index (χ3v) is 6.75. The normalized spacial score (nSPS) is 25.9. The summed E-state index contributed by atoms with van der Waals surface area (Å²) in [6.07, 6.45) is 7.15. The van der Waals surface area contributed by atoms with Crippen molar-refractivity contribution in [1.29, 1.82) is 0 Å². The summed E-state index contributed by atoms with van der Waals surface area (Å²) in [6, 6.07) is 1.22. The molecule has 0 radical (unpaired) electrons. The van der Waals surface area contributed by atoms with Crippen LogP contribution in [0.15, 0.2) is 4.99 Å². The van der Waals surface area contributed by atoms with Gasteiger partial charge in [0.15, 0.2) is 5.96 Å². The van der Waals surface area contributed by atoms with E-state index in [4.69, 9.17) is 0 Å². The van der Waals surface area contributed by atoms with Crippen LogP contribution in [0.1, 0.15) is 52.4 Å². The van der Waals surface area contributed by atoms with Gasteiger partial charge in [-0.3, -0.25) is 14.1 Å². The van der Waals surface area contributed by atoms with Crippen LogP contribution in [0.4, 0.5) is 0 Å². The summed E-state index contributed by atoms with van der Waals surface area (Å²) in [5.41, 5.74) is 0. The van der Waals surface area contributed by atoms with E-state index in [0.29, 0.717) is 11.3 Å². The van der Waals surface area contributed by atoms with Crippen molar-refractivity contribution in [3.63, 3.8) is 0 Å². The molecule has 3 atom stereocenters. The van der Waals surface area contributed by atoms with E-state index in [1.165, 1.54) is 12.8 Å². The van der Waals surface area contributed by atoms with Gasteiger partial charge in [-0.25, -0.2) is 0 Å². The first-order valence-electron chi connectivity index (χ1n) is 9.26. The van der Waals surface area contributed by atoms with Crippen LogP contribution in [0, 0.1) is 0 Å². The van der Waals surface area contributed by atoms with Crippen LogP contribution in [0.25, 0.3) is 0 Å². The first kappa shape index (κ1) is 22.2. The zero-order valence-corrected chi connectivity index (χ0v) is 18.6. The molecule has 3 unspecified atom stereocenters. The molecule has 0 aromatic rings. The van der Waals surface area contributed by atoms with Gasteiger partial charge in [0, 0.05) is 54.0 Å². The first-order valence-corrected chi connectivity index (χ1v) is 10.6. The Bertz CT molecular complexity index is 417. The number of hydrogen-bond acceptors (Lipinski definition) is 3. The van der Waals surface area contributed by atoms with E-state index < -0.39 is 10.8 Å². The molecule has 0 saturated heterocycles. The highest BCUT2D eigenvalue weighted by molar-refractivity contribution is 14.0. The molecule has 24 heavy (non-hydrogen) atoms. The van der Waals surface area contributed by atoms with Crippen molar-refractivity contribution in [3.8, 4) is 0 Å². The molecule has 2 aliphatic rings. The number of aliphatic imine (C=N–C) groups is 1. The lowest BCUT2D eigenvalue weighted by molar-refractivity contribution is 0.281. The van der Waals surface area contributed by atoms with Gasteiger partial charge in [0.2, 0.25) is 0 Å². The zero-order valence-electron chi connectivity index (χ0n) is 15.4. The predicted octanol–water partition coefficient (Wildman–Crippen LogP) is 2.33. The average molecular weight is 470 g/mol. The topological polar surface area (TPSA) is 56.7 Å². The molecule has 0 aromatic heterocycles. The van der Waals surface area contributed by atoms with Gasteiger partial charge in [0.25, 0.3) is 0 Å². The minimum Gasteiger partial charge on any atom is -0.355 e. The number of halogens is 1. The Labute approximate surface area is 167 Å². The van der Waals surface area contributed by atoms with Gasteiger partial charge in [-0.2, -0.15) is 0 Å². The van der Waals surface area contributed by atoms with E-state index in [0.717, 1.165) is 63.1 Å². The SMILES string of the molecule is CCN(CCNC(=NC)NC1CCCC(S(=O)CC)C1)C1CC1.I. The summed E-state index contributed by atoms with van der Waals surface area (Å²) in [7, 11) is 1.16. The van der Waals surface area contributed by atoms with Gasteiger partial charge < -0.3 is 10.6 Å². The molecule has 2 fully saturated rings. The van der Waals surface area contributed by atoms with Crippen molar-refractivity contribution in [2.75, 3.05) is 32.4 Å². The molecule has 5 nitrogen and oxygen atoms in total. The van der Waals surface area contributed by atoms with Crippen LogP contribution in [0.2, 0.25) is 0 Å². The van der Waals surface area contributed by atoms with Gasteiger partial charge >= 0.3 is 0 Å². The molecule has 2 rings (SSSR count). The Morgan fingerprint density at radius 3 is 2.58 bits per heavy atom. The lowest BCUT2D eigenvalue weighted by Gasteiger charge is -2.30. The largest absolute Gasteiger partial charge is 0.355 e. The van der Waals surface area contributed by atoms with Crippen molar-refractivity contribution in [2.24, 2.45) is 4.99 Å². The smallest absolute Gasteiger partial charge is 0.191 e. The van der Waals surface area contributed by atoms with Crippen molar-refractivity contribution >= 4 is 40.7 Å². The highest BCUT2D eigenvalue weighted by Gasteiger charge is 2.28. The molecule has 0 heterocycles. The zero-order chi connectivity index (χ0) is 16.7. The van der Waals surface area contributed by atoms with E-state index in [9.17, 15) is 4.21 Å². The van der Waals surface area contributed by atoms with Gasteiger partial charge in [0.1, 0.15) is 0 Å². The van der Waals surface area contributed by atoms with Crippen LogP contribution < -0.4 is 10.6 Å². The van der Waals surface area contributed by atoms with Crippen LogP contribution in [0.5, 0.6) is 0 Å². The van der Waals surface area contributed by atoms with Gasteiger partial charge in [0.05, 0.1) is 0 Å². The van der Waals surface area contributed by atoms with E-state index in [1.54, 1.807) is 0 Å². The van der Waals surface area contributed by atoms with Crippen LogP contribution in [-0.4, -0.2) is 64.8 Å². The first-order chi connectivity index (χ1) is 11.2. The lowest BCUT2D eigenvalue weighted by Crippen LogP contribution is -2.48. The van der Waals surface area contributed by atoms with Gasteiger partial charge in [-0.1, -0.05) is 20.3 Å². The monoisotopic (exact) mass is 470 g/mol. The van der Waals surface area contributed by atoms with Gasteiger partial charge in [-0.05, 0) is 38.6 Å². The Balaban J connectivity index is 0.00000288. The molecule has 0 aromatic carbocycles. The summed E-state index contributed by atoms with van der Waals surface area (Å²) in [4.78, 5) is 6.90. The molecule has 2 N–H and O–H groups in total. The van der Waals surface area contributed by atoms with E-state index >= 15 is 0 Å². The Hall–Kier alpha value is 0.110. The van der Waals surface area contributed by atoms with Crippen molar-refractivity contribution in [1.82, 2.24) is 15.5 Å².